The van der Waals surface area contributed by atoms with Crippen molar-refractivity contribution >= 4 is 22.9 Å². The molecule has 0 amide bonds. The van der Waals surface area contributed by atoms with Gasteiger partial charge in [0.25, 0.3) is 0 Å². The molecule has 6 heteroatoms. The van der Waals surface area contributed by atoms with Gasteiger partial charge in [-0.2, -0.15) is 9.97 Å². The summed E-state index contributed by atoms with van der Waals surface area (Å²) in [5.74, 6) is 2.09. The minimum Gasteiger partial charge on any atom is -0.357 e. The average molecular weight is 248 g/mol. The molecule has 2 rings (SSSR count). The number of hydrogen-bond acceptors (Lipinski definition) is 5. The zero-order valence-corrected chi connectivity index (χ0v) is 11.4. The first-order chi connectivity index (χ1) is 8.61. The van der Waals surface area contributed by atoms with Gasteiger partial charge in [0, 0.05) is 20.1 Å². The van der Waals surface area contributed by atoms with Gasteiger partial charge >= 0.3 is 0 Å². The van der Waals surface area contributed by atoms with E-state index in [-0.39, 0.29) is 0 Å². The second kappa shape index (κ2) is 5.20. The molecule has 0 saturated carbocycles. The number of nitrogens with zero attached hydrogens (tertiary/aromatic N) is 4. The summed E-state index contributed by atoms with van der Waals surface area (Å²) >= 11 is 0. The lowest BCUT2D eigenvalue weighted by atomic mass is 10.2. The molecular formula is C12H20N6. The first-order valence-electron chi connectivity index (χ1n) is 6.28. The largest absolute Gasteiger partial charge is 0.357 e. The van der Waals surface area contributed by atoms with Crippen molar-refractivity contribution in [3.63, 3.8) is 0 Å². The Bertz CT molecular complexity index is 518. The lowest BCUT2D eigenvalue weighted by Crippen LogP contribution is -2.24. The van der Waals surface area contributed by atoms with Gasteiger partial charge in [-0.3, -0.25) is 0 Å². The van der Waals surface area contributed by atoms with E-state index in [2.05, 4.69) is 44.0 Å². The molecule has 0 atom stereocenters. The summed E-state index contributed by atoms with van der Waals surface area (Å²) < 4.78 is 0. The van der Waals surface area contributed by atoms with Crippen LogP contribution in [-0.2, 0) is 0 Å². The summed E-state index contributed by atoms with van der Waals surface area (Å²) in [7, 11) is 2.04. The summed E-state index contributed by atoms with van der Waals surface area (Å²) in [5, 5.41) is 3.14. The molecule has 2 aromatic heterocycles. The molecule has 0 fully saturated rings. The van der Waals surface area contributed by atoms with E-state index in [0.29, 0.717) is 17.5 Å². The maximum atomic E-state index is 4.55. The summed E-state index contributed by atoms with van der Waals surface area (Å²) in [4.78, 5) is 18.4. The minimum atomic E-state index is 0.575. The van der Waals surface area contributed by atoms with Crippen molar-refractivity contribution in [3.05, 3.63) is 6.33 Å². The number of nitrogens with one attached hydrogen (secondary N) is 2. The van der Waals surface area contributed by atoms with Crippen LogP contribution in [0.25, 0.3) is 11.2 Å². The Labute approximate surface area is 107 Å². The van der Waals surface area contributed by atoms with E-state index >= 15 is 0 Å². The number of aromatic amines is 1. The van der Waals surface area contributed by atoms with Crippen LogP contribution in [0.3, 0.4) is 0 Å². The second-order valence-corrected chi connectivity index (χ2v) is 4.78. The second-order valence-electron chi connectivity index (χ2n) is 4.78. The molecule has 0 saturated heterocycles. The number of imidazole rings is 1. The Morgan fingerprint density at radius 1 is 1.39 bits per heavy atom. The van der Waals surface area contributed by atoms with Gasteiger partial charge in [-0.05, 0) is 12.8 Å². The molecule has 0 aromatic carbocycles. The molecule has 98 valence electrons. The van der Waals surface area contributed by atoms with Crippen molar-refractivity contribution < 1.29 is 0 Å². The highest BCUT2D eigenvalue weighted by molar-refractivity contribution is 5.84. The molecule has 2 aromatic rings. The van der Waals surface area contributed by atoms with Crippen molar-refractivity contribution in [2.45, 2.75) is 20.8 Å². The molecular weight excluding hydrogens is 228 g/mol. The Morgan fingerprint density at radius 3 is 2.83 bits per heavy atom. The summed E-state index contributed by atoms with van der Waals surface area (Å²) in [6.45, 7) is 8.13. The highest BCUT2D eigenvalue weighted by Crippen LogP contribution is 2.22. The zero-order chi connectivity index (χ0) is 13.1. The molecule has 0 aliphatic carbocycles. The van der Waals surface area contributed by atoms with Gasteiger partial charge in [0.1, 0.15) is 5.52 Å². The van der Waals surface area contributed by atoms with Crippen LogP contribution in [0.15, 0.2) is 6.33 Å². The van der Waals surface area contributed by atoms with Crippen molar-refractivity contribution in [1.29, 1.82) is 0 Å². The maximum absolute atomic E-state index is 4.55. The zero-order valence-electron chi connectivity index (χ0n) is 11.4. The first kappa shape index (κ1) is 12.6. The number of fused-ring (bicyclic) bond motifs is 1. The quantitative estimate of drug-likeness (QED) is 0.845. The first-order valence-corrected chi connectivity index (χ1v) is 6.28. The fraction of sp³-hybridized carbons (Fsp3) is 0.583. The molecule has 0 aliphatic rings. The highest BCUT2D eigenvalue weighted by Gasteiger charge is 2.14. The lowest BCUT2D eigenvalue weighted by Gasteiger charge is -2.21. The van der Waals surface area contributed by atoms with E-state index in [1.54, 1.807) is 6.33 Å². The van der Waals surface area contributed by atoms with Crippen LogP contribution < -0.4 is 10.2 Å². The van der Waals surface area contributed by atoms with E-state index in [1.807, 2.05) is 14.0 Å². The third kappa shape index (κ3) is 2.52. The van der Waals surface area contributed by atoms with E-state index in [1.165, 1.54) is 0 Å². The topological polar surface area (TPSA) is 69.7 Å². The predicted molar refractivity (Wildman–Crippen MR) is 74.0 cm³/mol. The van der Waals surface area contributed by atoms with E-state index < -0.39 is 0 Å². The molecule has 2 N–H and O–H groups in total. The molecule has 0 bridgehead atoms. The Morgan fingerprint density at radius 2 is 2.17 bits per heavy atom. The molecule has 18 heavy (non-hydrogen) atoms. The van der Waals surface area contributed by atoms with Crippen LogP contribution in [0, 0.1) is 5.92 Å². The van der Waals surface area contributed by atoms with E-state index in [0.717, 1.165) is 24.4 Å². The molecule has 0 radical (unpaired) electrons. The number of H-pyrrole nitrogens is 1. The molecule has 0 aliphatic heterocycles. The third-order valence-electron chi connectivity index (χ3n) is 2.60. The summed E-state index contributed by atoms with van der Waals surface area (Å²) in [6, 6.07) is 0. The fourth-order valence-corrected chi connectivity index (χ4v) is 1.97. The normalized spacial score (nSPS) is 11.2. The van der Waals surface area contributed by atoms with Gasteiger partial charge in [-0.25, -0.2) is 4.98 Å². The van der Waals surface area contributed by atoms with Crippen molar-refractivity contribution in [1.82, 2.24) is 19.9 Å². The van der Waals surface area contributed by atoms with Crippen LogP contribution in [-0.4, -0.2) is 40.1 Å². The number of hydrogen-bond donors (Lipinski definition) is 2. The van der Waals surface area contributed by atoms with Gasteiger partial charge in [0.05, 0.1) is 6.33 Å². The molecule has 0 unspecified atom stereocenters. The van der Waals surface area contributed by atoms with Crippen LogP contribution in [0.4, 0.5) is 11.8 Å². The molecule has 6 nitrogen and oxygen atoms in total. The standard InChI is InChI=1S/C12H20N6/c1-5-13-12-16-10-9(14-7-15-10)11(17-12)18(4)6-8(2)3/h7-8H,5-6H2,1-4H3,(H2,13,14,15,16,17). The predicted octanol–water partition coefficient (Wildman–Crippen LogP) is 1.88. The smallest absolute Gasteiger partial charge is 0.226 e. The maximum Gasteiger partial charge on any atom is 0.226 e. The van der Waals surface area contributed by atoms with Gasteiger partial charge < -0.3 is 15.2 Å². The Hall–Kier alpha value is -1.85. The van der Waals surface area contributed by atoms with Crippen LogP contribution in [0.2, 0.25) is 0 Å². The van der Waals surface area contributed by atoms with Gasteiger partial charge in [-0.1, -0.05) is 13.8 Å². The Balaban J connectivity index is 2.42. The van der Waals surface area contributed by atoms with Crippen LogP contribution >= 0.6 is 0 Å². The lowest BCUT2D eigenvalue weighted by molar-refractivity contribution is 0.635. The highest BCUT2D eigenvalue weighted by atomic mass is 15.2. The van der Waals surface area contributed by atoms with Gasteiger partial charge in [0.15, 0.2) is 11.5 Å². The van der Waals surface area contributed by atoms with E-state index in [9.17, 15) is 0 Å². The van der Waals surface area contributed by atoms with E-state index in [4.69, 9.17) is 0 Å². The third-order valence-corrected chi connectivity index (χ3v) is 2.60. The molecule has 2 heterocycles. The van der Waals surface area contributed by atoms with Gasteiger partial charge in [0.2, 0.25) is 5.95 Å². The van der Waals surface area contributed by atoms with Crippen molar-refractivity contribution in [2.24, 2.45) is 5.92 Å². The average Bonchev–Trinajstić information content (AvgIpc) is 2.75. The number of anilines is 2. The van der Waals surface area contributed by atoms with Crippen LogP contribution in [0.5, 0.6) is 0 Å². The summed E-state index contributed by atoms with van der Waals surface area (Å²) in [6.07, 6.45) is 1.65. The van der Waals surface area contributed by atoms with Crippen molar-refractivity contribution in [2.75, 3.05) is 30.4 Å². The van der Waals surface area contributed by atoms with Crippen molar-refractivity contribution in [3.8, 4) is 0 Å². The molecule has 0 spiro atoms. The minimum absolute atomic E-state index is 0.575. The van der Waals surface area contributed by atoms with Gasteiger partial charge in [-0.15, -0.1) is 0 Å². The Kier molecular flexibility index (Phi) is 3.64. The monoisotopic (exact) mass is 248 g/mol. The fourth-order valence-electron chi connectivity index (χ4n) is 1.97. The summed E-state index contributed by atoms with van der Waals surface area (Å²) in [5.41, 5.74) is 1.59. The van der Waals surface area contributed by atoms with Crippen LogP contribution in [0.1, 0.15) is 20.8 Å². The number of rotatable bonds is 5. The number of aromatic nitrogens is 4. The SMILES string of the molecule is CCNc1nc(N(C)CC(C)C)c2[nH]cnc2n1.